The molecule has 0 saturated heterocycles. The molecule has 110 valence electrons. The van der Waals surface area contributed by atoms with E-state index in [1.807, 2.05) is 24.3 Å². The molecule has 1 amide bonds. The molecule has 0 aliphatic rings. The van der Waals surface area contributed by atoms with Crippen LogP contribution in [0.4, 0.5) is 0 Å². The first-order valence-electron chi connectivity index (χ1n) is 6.91. The third-order valence-electron chi connectivity index (χ3n) is 3.50. The summed E-state index contributed by atoms with van der Waals surface area (Å²) in [6.45, 7) is 0.359. The summed E-state index contributed by atoms with van der Waals surface area (Å²) >= 11 is 0. The summed E-state index contributed by atoms with van der Waals surface area (Å²) in [6, 6.07) is 12.5. The average molecular weight is 293 g/mol. The molecule has 0 spiro atoms. The van der Waals surface area contributed by atoms with E-state index in [1.54, 1.807) is 30.3 Å². The highest BCUT2D eigenvalue weighted by molar-refractivity contribution is 5.94. The fourth-order valence-electron chi connectivity index (χ4n) is 2.44. The lowest BCUT2D eigenvalue weighted by Crippen LogP contribution is -2.27. The van der Waals surface area contributed by atoms with E-state index >= 15 is 0 Å². The van der Waals surface area contributed by atoms with Gasteiger partial charge in [-0.3, -0.25) is 14.6 Å². The maximum absolute atomic E-state index is 12.4. The van der Waals surface area contributed by atoms with Gasteiger partial charge < -0.3 is 9.88 Å². The molecular formula is C17H15N3O2. The second-order valence-corrected chi connectivity index (χ2v) is 5.11. The molecule has 5 nitrogen and oxygen atoms in total. The number of rotatable bonds is 3. The Balaban J connectivity index is 1.93. The third kappa shape index (κ3) is 2.74. The topological polar surface area (TPSA) is 66.1 Å². The van der Waals surface area contributed by atoms with Gasteiger partial charge in [0.05, 0.1) is 5.56 Å². The molecule has 0 atom stereocenters. The smallest absolute Gasteiger partial charge is 0.255 e. The molecule has 0 fully saturated rings. The Kier molecular flexibility index (Phi) is 3.70. The zero-order valence-corrected chi connectivity index (χ0v) is 12.1. The first kappa shape index (κ1) is 14.0. The molecule has 0 aliphatic heterocycles. The predicted molar refractivity (Wildman–Crippen MR) is 84.6 cm³/mol. The summed E-state index contributed by atoms with van der Waals surface area (Å²) in [4.78, 5) is 32.5. The van der Waals surface area contributed by atoms with Gasteiger partial charge in [0.15, 0.2) is 0 Å². The Morgan fingerprint density at radius 3 is 2.82 bits per heavy atom. The molecule has 3 aromatic rings. The lowest BCUT2D eigenvalue weighted by molar-refractivity contribution is 0.0785. The number of benzene rings is 1. The molecule has 5 heteroatoms. The van der Waals surface area contributed by atoms with E-state index < -0.39 is 0 Å². The van der Waals surface area contributed by atoms with Crippen molar-refractivity contribution in [1.82, 2.24) is 14.9 Å². The van der Waals surface area contributed by atoms with Crippen LogP contribution in [-0.4, -0.2) is 27.8 Å². The SMILES string of the molecule is CN(Cc1cc(=O)[nH]c2ccccc12)C(=O)c1cccnc1. The Labute approximate surface area is 127 Å². The minimum absolute atomic E-state index is 0.127. The fraction of sp³-hybridized carbons (Fsp3) is 0.118. The lowest BCUT2D eigenvalue weighted by Gasteiger charge is -2.18. The van der Waals surface area contributed by atoms with Crippen LogP contribution in [0.2, 0.25) is 0 Å². The monoisotopic (exact) mass is 293 g/mol. The summed E-state index contributed by atoms with van der Waals surface area (Å²) in [7, 11) is 1.71. The molecule has 0 aliphatic carbocycles. The summed E-state index contributed by atoms with van der Waals surface area (Å²) in [6.07, 6.45) is 3.16. The molecule has 2 heterocycles. The molecule has 1 N–H and O–H groups in total. The fourth-order valence-corrected chi connectivity index (χ4v) is 2.44. The quantitative estimate of drug-likeness (QED) is 0.805. The number of carbonyl (C=O) groups is 1. The number of para-hydroxylation sites is 1. The van der Waals surface area contributed by atoms with E-state index in [0.29, 0.717) is 12.1 Å². The maximum Gasteiger partial charge on any atom is 0.255 e. The van der Waals surface area contributed by atoms with Crippen LogP contribution in [0.15, 0.2) is 59.7 Å². The third-order valence-corrected chi connectivity index (χ3v) is 3.50. The number of nitrogens with zero attached hydrogens (tertiary/aromatic N) is 2. The minimum Gasteiger partial charge on any atom is -0.337 e. The number of pyridine rings is 2. The van der Waals surface area contributed by atoms with Crippen LogP contribution in [0.3, 0.4) is 0 Å². The van der Waals surface area contributed by atoms with E-state index in [2.05, 4.69) is 9.97 Å². The number of fused-ring (bicyclic) bond motifs is 1. The van der Waals surface area contributed by atoms with E-state index in [0.717, 1.165) is 16.5 Å². The Hall–Kier alpha value is -2.95. The van der Waals surface area contributed by atoms with E-state index in [-0.39, 0.29) is 11.5 Å². The standard InChI is InChI=1S/C17H15N3O2/c1-20(17(22)12-5-4-8-18-10-12)11-13-9-16(21)19-15-7-3-2-6-14(13)15/h2-10H,11H2,1H3,(H,19,21). The second-order valence-electron chi connectivity index (χ2n) is 5.11. The highest BCUT2D eigenvalue weighted by Crippen LogP contribution is 2.16. The van der Waals surface area contributed by atoms with Crippen molar-refractivity contribution in [3.05, 3.63) is 76.3 Å². The minimum atomic E-state index is -0.170. The van der Waals surface area contributed by atoms with Gasteiger partial charge >= 0.3 is 0 Å². The number of nitrogens with one attached hydrogen (secondary N) is 1. The molecular weight excluding hydrogens is 278 g/mol. The molecule has 3 rings (SSSR count). The molecule has 22 heavy (non-hydrogen) atoms. The number of hydrogen-bond donors (Lipinski definition) is 1. The van der Waals surface area contributed by atoms with Crippen LogP contribution >= 0.6 is 0 Å². The van der Waals surface area contributed by atoms with Crippen molar-refractivity contribution in [3.63, 3.8) is 0 Å². The Morgan fingerprint density at radius 2 is 2.05 bits per heavy atom. The molecule has 0 radical (unpaired) electrons. The van der Waals surface area contributed by atoms with Gasteiger partial charge in [-0.1, -0.05) is 18.2 Å². The van der Waals surface area contributed by atoms with Crippen molar-refractivity contribution in [1.29, 1.82) is 0 Å². The number of amides is 1. The van der Waals surface area contributed by atoms with Crippen molar-refractivity contribution in [2.45, 2.75) is 6.54 Å². The van der Waals surface area contributed by atoms with Crippen LogP contribution in [0.25, 0.3) is 10.9 Å². The zero-order chi connectivity index (χ0) is 15.5. The first-order chi connectivity index (χ1) is 10.6. The van der Waals surface area contributed by atoms with Gasteiger partial charge in [0, 0.05) is 43.0 Å². The van der Waals surface area contributed by atoms with E-state index in [1.165, 1.54) is 12.3 Å². The van der Waals surface area contributed by atoms with Gasteiger partial charge in [-0.05, 0) is 23.8 Å². The number of H-pyrrole nitrogens is 1. The molecule has 0 unspecified atom stereocenters. The highest BCUT2D eigenvalue weighted by atomic mass is 16.2. The zero-order valence-electron chi connectivity index (χ0n) is 12.1. The van der Waals surface area contributed by atoms with Crippen molar-refractivity contribution >= 4 is 16.8 Å². The molecule has 0 bridgehead atoms. The number of hydrogen-bond acceptors (Lipinski definition) is 3. The number of aromatic nitrogens is 2. The van der Waals surface area contributed by atoms with Crippen LogP contribution < -0.4 is 5.56 Å². The van der Waals surface area contributed by atoms with Crippen LogP contribution in [0, 0.1) is 0 Å². The van der Waals surface area contributed by atoms with Gasteiger partial charge in [0.2, 0.25) is 5.56 Å². The largest absolute Gasteiger partial charge is 0.337 e. The lowest BCUT2D eigenvalue weighted by atomic mass is 10.1. The van der Waals surface area contributed by atoms with Gasteiger partial charge in [-0.15, -0.1) is 0 Å². The summed E-state index contributed by atoms with van der Waals surface area (Å²) in [5, 5.41) is 0.938. The van der Waals surface area contributed by atoms with Crippen LogP contribution in [0.5, 0.6) is 0 Å². The second kappa shape index (κ2) is 5.81. The Bertz CT molecular complexity index is 872. The molecule has 1 aromatic carbocycles. The van der Waals surface area contributed by atoms with Crippen molar-refractivity contribution < 1.29 is 4.79 Å². The molecule has 2 aromatic heterocycles. The number of carbonyl (C=O) groups excluding carboxylic acids is 1. The van der Waals surface area contributed by atoms with Crippen molar-refractivity contribution in [2.24, 2.45) is 0 Å². The van der Waals surface area contributed by atoms with Crippen LogP contribution in [-0.2, 0) is 6.54 Å². The Morgan fingerprint density at radius 1 is 1.23 bits per heavy atom. The van der Waals surface area contributed by atoms with Gasteiger partial charge in [0.1, 0.15) is 0 Å². The van der Waals surface area contributed by atoms with E-state index in [9.17, 15) is 9.59 Å². The normalized spacial score (nSPS) is 10.6. The molecule has 0 saturated carbocycles. The summed E-state index contributed by atoms with van der Waals surface area (Å²) in [5.74, 6) is -0.127. The summed E-state index contributed by atoms with van der Waals surface area (Å²) < 4.78 is 0. The highest BCUT2D eigenvalue weighted by Gasteiger charge is 2.13. The van der Waals surface area contributed by atoms with Gasteiger partial charge in [0.25, 0.3) is 5.91 Å². The summed E-state index contributed by atoms with van der Waals surface area (Å²) in [5.41, 5.74) is 1.95. The maximum atomic E-state index is 12.4. The van der Waals surface area contributed by atoms with Crippen molar-refractivity contribution in [2.75, 3.05) is 7.05 Å². The number of aromatic amines is 1. The van der Waals surface area contributed by atoms with Crippen molar-refractivity contribution in [3.8, 4) is 0 Å². The van der Waals surface area contributed by atoms with E-state index in [4.69, 9.17) is 0 Å². The predicted octanol–water partition coefficient (Wildman–Crippen LogP) is 2.20. The van der Waals surface area contributed by atoms with Gasteiger partial charge in [-0.25, -0.2) is 0 Å². The van der Waals surface area contributed by atoms with Crippen LogP contribution in [0.1, 0.15) is 15.9 Å². The van der Waals surface area contributed by atoms with Gasteiger partial charge in [-0.2, -0.15) is 0 Å². The average Bonchev–Trinajstić information content (AvgIpc) is 2.54. The first-order valence-corrected chi connectivity index (χ1v) is 6.91.